The highest BCUT2D eigenvalue weighted by Gasteiger charge is 2.30. The summed E-state index contributed by atoms with van der Waals surface area (Å²) in [5.41, 5.74) is 5.60. The topological polar surface area (TPSA) is 55.0 Å². The third-order valence-corrected chi connectivity index (χ3v) is 3.05. The molecule has 1 saturated carbocycles. The van der Waals surface area contributed by atoms with Gasteiger partial charge in [-0.3, -0.25) is 4.31 Å². The van der Waals surface area contributed by atoms with E-state index in [0.717, 1.165) is 5.82 Å². The van der Waals surface area contributed by atoms with Gasteiger partial charge in [0.05, 0.1) is 0 Å². The van der Waals surface area contributed by atoms with Crippen molar-refractivity contribution in [2.45, 2.75) is 18.9 Å². The minimum atomic E-state index is 0.208. The van der Waals surface area contributed by atoms with Crippen LogP contribution < -0.4 is 10.0 Å². The summed E-state index contributed by atoms with van der Waals surface area (Å²) in [7, 11) is 0. The zero-order valence-electron chi connectivity index (χ0n) is 7.77. The van der Waals surface area contributed by atoms with Gasteiger partial charge in [0.15, 0.2) is 0 Å². The molecule has 1 aliphatic rings. The predicted molar refractivity (Wildman–Crippen MR) is 60.5 cm³/mol. The molecule has 6 heteroatoms. The largest absolute Gasteiger partial charge is 0.383 e. The van der Waals surface area contributed by atoms with E-state index in [-0.39, 0.29) is 5.28 Å². The van der Waals surface area contributed by atoms with Gasteiger partial charge in [-0.2, -0.15) is 4.98 Å². The molecule has 0 aliphatic heterocycles. The third kappa shape index (κ3) is 2.04. The molecule has 1 aromatic rings. The minimum absolute atomic E-state index is 0.208. The lowest BCUT2D eigenvalue weighted by atomic mass is 10.5. The zero-order valence-corrected chi connectivity index (χ0v) is 9.35. The fourth-order valence-corrected chi connectivity index (χ4v) is 2.25. The van der Waals surface area contributed by atoms with Crippen LogP contribution in [0.1, 0.15) is 12.8 Å². The molecule has 0 atom stereocenters. The second-order valence-corrected chi connectivity index (χ2v) is 4.26. The Labute approximate surface area is 92.0 Å². The van der Waals surface area contributed by atoms with Crippen LogP contribution in [-0.2, 0) is 0 Å². The fourth-order valence-electron chi connectivity index (χ4n) is 1.27. The highest BCUT2D eigenvalue weighted by molar-refractivity contribution is 8.00. The Morgan fingerprint density at radius 2 is 2.29 bits per heavy atom. The summed E-state index contributed by atoms with van der Waals surface area (Å²) in [6, 6.07) is 2.33. The Bertz CT molecular complexity index is 322. The number of hydrogen-bond donors (Lipinski definition) is 1. The molecule has 0 spiro atoms. The molecule has 0 amide bonds. The van der Waals surface area contributed by atoms with Crippen molar-refractivity contribution in [2.24, 2.45) is 0 Å². The number of hydrogen-bond acceptors (Lipinski definition) is 5. The molecule has 0 bridgehead atoms. The Morgan fingerprint density at radius 1 is 1.57 bits per heavy atom. The number of rotatable bonds is 3. The molecule has 1 heterocycles. The Hall–Kier alpha value is -0.680. The van der Waals surface area contributed by atoms with Crippen molar-refractivity contribution in [2.75, 3.05) is 16.3 Å². The van der Waals surface area contributed by atoms with Crippen LogP contribution in [0.3, 0.4) is 0 Å². The van der Waals surface area contributed by atoms with Crippen LogP contribution >= 0.6 is 23.5 Å². The smallest absolute Gasteiger partial charge is 0.226 e. The molecule has 0 radical (unpaired) electrons. The maximum atomic E-state index is 5.74. The molecular formula is C8H11ClN4S. The summed E-state index contributed by atoms with van der Waals surface area (Å²) >= 11 is 7.38. The van der Waals surface area contributed by atoms with Crippen molar-refractivity contribution in [1.82, 2.24) is 9.97 Å². The second-order valence-electron chi connectivity index (χ2n) is 3.16. The van der Waals surface area contributed by atoms with Gasteiger partial charge < -0.3 is 5.73 Å². The first-order valence-electron chi connectivity index (χ1n) is 4.34. The molecule has 2 N–H and O–H groups in total. The van der Waals surface area contributed by atoms with E-state index < -0.39 is 0 Å². The number of nitrogens with two attached hydrogens (primary N) is 1. The standard InChI is InChI=1S/C8H11ClN4S/c1-14-13(5-2-3-5)7-4-6(10)11-8(9)12-7/h4-5H,2-3H2,1H3,(H2,10,11,12). The average molecular weight is 231 g/mol. The molecule has 1 fully saturated rings. The summed E-state index contributed by atoms with van der Waals surface area (Å²) in [5.74, 6) is 1.22. The van der Waals surface area contributed by atoms with Crippen LogP contribution in [0.15, 0.2) is 6.07 Å². The first-order chi connectivity index (χ1) is 6.70. The summed E-state index contributed by atoms with van der Waals surface area (Å²) in [6.07, 6.45) is 4.44. The first kappa shape index (κ1) is 9.86. The molecule has 1 aromatic heterocycles. The van der Waals surface area contributed by atoms with Crippen LogP contribution in [0.4, 0.5) is 11.6 Å². The van der Waals surface area contributed by atoms with Gasteiger partial charge in [0.2, 0.25) is 5.28 Å². The summed E-state index contributed by atoms with van der Waals surface area (Å²) in [6.45, 7) is 0. The fraction of sp³-hybridized carbons (Fsp3) is 0.500. The van der Waals surface area contributed by atoms with Crippen molar-refractivity contribution in [3.8, 4) is 0 Å². The van der Waals surface area contributed by atoms with Gasteiger partial charge in [-0.15, -0.1) is 0 Å². The molecule has 4 nitrogen and oxygen atoms in total. The lowest BCUT2D eigenvalue weighted by molar-refractivity contribution is 1.01. The Morgan fingerprint density at radius 3 is 2.79 bits per heavy atom. The van der Waals surface area contributed by atoms with E-state index in [1.807, 2.05) is 6.26 Å². The van der Waals surface area contributed by atoms with Crippen molar-refractivity contribution >= 4 is 35.2 Å². The SMILES string of the molecule is CSN(c1cc(N)nc(Cl)n1)C1CC1. The van der Waals surface area contributed by atoms with Gasteiger partial charge in [0, 0.05) is 18.4 Å². The molecule has 1 aliphatic carbocycles. The molecule has 0 unspecified atom stereocenters. The lowest BCUT2D eigenvalue weighted by Gasteiger charge is -2.19. The van der Waals surface area contributed by atoms with Crippen molar-refractivity contribution < 1.29 is 0 Å². The van der Waals surface area contributed by atoms with E-state index in [1.165, 1.54) is 12.8 Å². The van der Waals surface area contributed by atoms with E-state index in [0.29, 0.717) is 11.9 Å². The highest BCUT2D eigenvalue weighted by atomic mass is 35.5. The van der Waals surface area contributed by atoms with E-state index >= 15 is 0 Å². The van der Waals surface area contributed by atoms with Gasteiger partial charge in [-0.25, -0.2) is 4.98 Å². The number of anilines is 2. The number of nitrogen functional groups attached to an aromatic ring is 1. The quantitative estimate of drug-likeness (QED) is 0.636. The van der Waals surface area contributed by atoms with Crippen molar-refractivity contribution in [1.29, 1.82) is 0 Å². The van der Waals surface area contributed by atoms with E-state index in [9.17, 15) is 0 Å². The Balaban J connectivity index is 2.28. The van der Waals surface area contributed by atoms with Gasteiger partial charge >= 0.3 is 0 Å². The molecule has 0 aromatic carbocycles. The van der Waals surface area contributed by atoms with Crippen LogP contribution in [0.25, 0.3) is 0 Å². The number of halogens is 1. The van der Waals surface area contributed by atoms with Crippen LogP contribution in [0.5, 0.6) is 0 Å². The third-order valence-electron chi connectivity index (χ3n) is 2.01. The first-order valence-corrected chi connectivity index (χ1v) is 5.90. The second kappa shape index (κ2) is 3.82. The maximum Gasteiger partial charge on any atom is 0.226 e. The minimum Gasteiger partial charge on any atom is -0.383 e. The molecule has 76 valence electrons. The van der Waals surface area contributed by atoms with Gasteiger partial charge in [0.1, 0.15) is 11.6 Å². The summed E-state index contributed by atoms with van der Waals surface area (Å²) < 4.78 is 2.13. The normalized spacial score (nSPS) is 15.6. The monoisotopic (exact) mass is 230 g/mol. The summed E-state index contributed by atoms with van der Waals surface area (Å²) in [5, 5.41) is 0.208. The van der Waals surface area contributed by atoms with E-state index in [2.05, 4.69) is 14.3 Å². The van der Waals surface area contributed by atoms with Crippen LogP contribution in [-0.4, -0.2) is 22.3 Å². The van der Waals surface area contributed by atoms with Gasteiger partial charge in [-0.05, 0) is 24.4 Å². The molecule has 2 rings (SSSR count). The van der Waals surface area contributed by atoms with Gasteiger partial charge in [-0.1, -0.05) is 11.9 Å². The van der Waals surface area contributed by atoms with E-state index in [4.69, 9.17) is 17.3 Å². The molecular weight excluding hydrogens is 220 g/mol. The van der Waals surface area contributed by atoms with Crippen molar-refractivity contribution in [3.63, 3.8) is 0 Å². The van der Waals surface area contributed by atoms with Crippen molar-refractivity contribution in [3.05, 3.63) is 11.3 Å². The molecule has 0 saturated heterocycles. The van der Waals surface area contributed by atoms with Gasteiger partial charge in [0.25, 0.3) is 0 Å². The maximum absolute atomic E-state index is 5.74. The van der Waals surface area contributed by atoms with Crippen LogP contribution in [0.2, 0.25) is 5.28 Å². The van der Waals surface area contributed by atoms with Crippen LogP contribution in [0, 0.1) is 0 Å². The number of aromatic nitrogens is 2. The lowest BCUT2D eigenvalue weighted by Crippen LogP contribution is -2.18. The number of nitrogens with zero attached hydrogens (tertiary/aromatic N) is 3. The molecule has 14 heavy (non-hydrogen) atoms. The summed E-state index contributed by atoms with van der Waals surface area (Å²) in [4.78, 5) is 7.97. The Kier molecular flexibility index (Phi) is 2.69. The predicted octanol–water partition coefficient (Wildman–Crippen LogP) is 1.96. The van der Waals surface area contributed by atoms with E-state index in [1.54, 1.807) is 18.0 Å². The highest BCUT2D eigenvalue weighted by Crippen LogP contribution is 2.35. The average Bonchev–Trinajstić information content (AvgIpc) is 2.87. The zero-order chi connectivity index (χ0) is 10.1.